The summed E-state index contributed by atoms with van der Waals surface area (Å²) in [6, 6.07) is 0. The van der Waals surface area contributed by atoms with Gasteiger partial charge >= 0.3 is 0 Å². The van der Waals surface area contributed by atoms with E-state index >= 15 is 0 Å². The van der Waals surface area contributed by atoms with E-state index in [1.165, 1.54) is 70.0 Å². The van der Waals surface area contributed by atoms with E-state index in [2.05, 4.69) is 32.9 Å². The van der Waals surface area contributed by atoms with Crippen molar-refractivity contribution in [2.24, 2.45) is 11.8 Å². The molecule has 1 saturated heterocycles. The second kappa shape index (κ2) is 8.59. The van der Waals surface area contributed by atoms with Gasteiger partial charge in [-0.2, -0.15) is 0 Å². The Morgan fingerprint density at radius 3 is 1.78 bits per heavy atom. The second-order valence-electron chi connectivity index (χ2n) is 8.92. The van der Waals surface area contributed by atoms with Crippen LogP contribution in [0.1, 0.15) is 64.2 Å². The molecule has 2 saturated carbocycles. The minimum absolute atomic E-state index is 0. The zero-order chi connectivity index (χ0) is 15.6. The molecule has 3 aliphatic rings. The molecule has 0 amide bonds. The second-order valence-corrected chi connectivity index (χ2v) is 10.2. The van der Waals surface area contributed by atoms with Crippen molar-refractivity contribution < 1.29 is 33.2 Å². The Labute approximate surface area is 165 Å². The molecular formula is C19H36INOS. The zero-order valence-corrected chi connectivity index (χ0v) is 18.3. The minimum Gasteiger partial charge on any atom is -1.00 e. The number of rotatable bonds is 4. The molecule has 0 spiro atoms. The fourth-order valence-corrected chi connectivity index (χ4v) is 6.79. The van der Waals surface area contributed by atoms with E-state index < -0.39 is 0 Å². The van der Waals surface area contributed by atoms with Crippen molar-refractivity contribution in [3.8, 4) is 0 Å². The summed E-state index contributed by atoms with van der Waals surface area (Å²) in [5, 5.41) is 0. The van der Waals surface area contributed by atoms with Crippen LogP contribution in [0.3, 0.4) is 0 Å². The number of hydrogen-bond acceptors (Lipinski definition) is 2. The van der Waals surface area contributed by atoms with Gasteiger partial charge in [0.15, 0.2) is 0 Å². The predicted molar refractivity (Wildman–Crippen MR) is 96.1 cm³/mol. The van der Waals surface area contributed by atoms with Crippen LogP contribution in [-0.4, -0.2) is 49.0 Å². The van der Waals surface area contributed by atoms with Gasteiger partial charge in [0, 0.05) is 5.75 Å². The van der Waals surface area contributed by atoms with Crippen molar-refractivity contribution in [1.29, 1.82) is 0 Å². The molecule has 3 fully saturated rings. The quantitative estimate of drug-likeness (QED) is 0.474. The summed E-state index contributed by atoms with van der Waals surface area (Å²) in [7, 11) is 6.90. The van der Waals surface area contributed by atoms with Gasteiger partial charge in [0.25, 0.3) is 0 Å². The van der Waals surface area contributed by atoms with E-state index in [1.807, 2.05) is 0 Å². The van der Waals surface area contributed by atoms with Gasteiger partial charge < -0.3 is 33.2 Å². The molecule has 23 heavy (non-hydrogen) atoms. The Kier molecular flexibility index (Phi) is 7.59. The minimum atomic E-state index is 0. The third-order valence-electron chi connectivity index (χ3n) is 5.95. The first-order valence-electron chi connectivity index (χ1n) is 9.62. The molecule has 0 aromatic heterocycles. The number of quaternary nitrogens is 1. The topological polar surface area (TPSA) is 9.23 Å². The fourth-order valence-electron chi connectivity index (χ4n) is 5.02. The maximum Gasteiger partial charge on any atom is 0.120 e. The van der Waals surface area contributed by atoms with Gasteiger partial charge in [-0.25, -0.2) is 0 Å². The molecule has 0 radical (unpaired) electrons. The summed E-state index contributed by atoms with van der Waals surface area (Å²) in [5.41, 5.74) is 0. The Bertz CT molecular complexity index is 341. The summed E-state index contributed by atoms with van der Waals surface area (Å²) in [6.45, 7) is 1.16. The Morgan fingerprint density at radius 2 is 1.35 bits per heavy atom. The Hall–Kier alpha value is 1.00. The van der Waals surface area contributed by atoms with Crippen LogP contribution in [0.5, 0.6) is 0 Å². The highest BCUT2D eigenvalue weighted by molar-refractivity contribution is 8.00. The number of thioether (sulfide) groups is 1. The first kappa shape index (κ1) is 20.3. The summed E-state index contributed by atoms with van der Waals surface area (Å²) in [6.07, 6.45) is 14.8. The lowest BCUT2D eigenvalue weighted by Crippen LogP contribution is -3.00. The molecular weight excluding hydrogens is 417 g/mol. The summed E-state index contributed by atoms with van der Waals surface area (Å²) < 4.78 is 7.98. The maximum absolute atomic E-state index is 6.95. The molecule has 136 valence electrons. The van der Waals surface area contributed by atoms with E-state index in [9.17, 15) is 0 Å². The van der Waals surface area contributed by atoms with Crippen LogP contribution in [-0.2, 0) is 4.74 Å². The van der Waals surface area contributed by atoms with Crippen molar-refractivity contribution in [2.45, 2.75) is 75.2 Å². The highest BCUT2D eigenvalue weighted by Crippen LogP contribution is 2.55. The number of halogens is 1. The zero-order valence-electron chi connectivity index (χ0n) is 15.4. The molecule has 0 N–H and O–H groups in total. The molecule has 1 heterocycles. The van der Waals surface area contributed by atoms with Crippen LogP contribution < -0.4 is 24.0 Å². The highest BCUT2D eigenvalue weighted by Gasteiger charge is 2.52. The molecule has 2 nitrogen and oxygen atoms in total. The molecule has 0 bridgehead atoms. The van der Waals surface area contributed by atoms with E-state index in [-0.39, 0.29) is 28.9 Å². The van der Waals surface area contributed by atoms with Crippen molar-refractivity contribution in [2.75, 3.05) is 33.4 Å². The molecule has 1 aliphatic heterocycles. The van der Waals surface area contributed by atoms with E-state index in [0.717, 1.165) is 22.9 Å². The highest BCUT2D eigenvalue weighted by atomic mass is 127. The molecule has 0 unspecified atom stereocenters. The lowest BCUT2D eigenvalue weighted by Gasteiger charge is -2.46. The lowest BCUT2D eigenvalue weighted by molar-refractivity contribution is -0.873. The SMILES string of the molecule is C[N+](C)(C)C[C@@H]1CSC(C2CCCCC2)(C2CCCCC2)O1.[I-]. The monoisotopic (exact) mass is 453 g/mol. The summed E-state index contributed by atoms with van der Waals surface area (Å²) in [5.74, 6) is 2.88. The number of likely N-dealkylation sites (N-methyl/N-ethyl adjacent to an activating group) is 1. The van der Waals surface area contributed by atoms with Crippen molar-refractivity contribution in [1.82, 2.24) is 0 Å². The standard InChI is InChI=1S/C19H36NOS.HI/c1-20(2,3)14-18-15-22-19(21-18,16-10-6-4-7-11-16)17-12-8-5-9-13-17;/h16-18H,4-15H2,1-3H3;1H/q+1;/p-1/t18-;/m1./s1. The molecule has 3 rings (SSSR count). The van der Waals surface area contributed by atoms with Gasteiger partial charge in [-0.1, -0.05) is 38.5 Å². The average Bonchev–Trinajstić information content (AvgIpc) is 2.92. The van der Waals surface area contributed by atoms with Gasteiger partial charge in [-0.15, -0.1) is 11.8 Å². The van der Waals surface area contributed by atoms with Crippen LogP contribution in [0.4, 0.5) is 0 Å². The maximum atomic E-state index is 6.95. The van der Waals surface area contributed by atoms with E-state index in [4.69, 9.17) is 4.74 Å². The van der Waals surface area contributed by atoms with E-state index in [1.54, 1.807) is 0 Å². The third kappa shape index (κ3) is 5.01. The van der Waals surface area contributed by atoms with E-state index in [0.29, 0.717) is 6.10 Å². The molecule has 4 heteroatoms. The molecule has 1 atom stereocenters. The first-order valence-corrected chi connectivity index (χ1v) is 10.6. The number of nitrogens with zero attached hydrogens (tertiary/aromatic N) is 1. The van der Waals surface area contributed by atoms with Crippen LogP contribution in [0, 0.1) is 11.8 Å². The van der Waals surface area contributed by atoms with Gasteiger partial charge in [0.2, 0.25) is 0 Å². The van der Waals surface area contributed by atoms with Gasteiger partial charge in [0.1, 0.15) is 17.6 Å². The summed E-state index contributed by atoms with van der Waals surface area (Å²) in [4.78, 5) is 0.181. The number of hydrogen-bond donors (Lipinski definition) is 0. The lowest BCUT2D eigenvalue weighted by atomic mass is 9.74. The normalized spacial score (nSPS) is 30.1. The van der Waals surface area contributed by atoms with Crippen molar-refractivity contribution in [3.63, 3.8) is 0 Å². The van der Waals surface area contributed by atoms with Crippen molar-refractivity contribution in [3.05, 3.63) is 0 Å². The first-order chi connectivity index (χ1) is 10.5. The van der Waals surface area contributed by atoms with Crippen LogP contribution in [0.25, 0.3) is 0 Å². The van der Waals surface area contributed by atoms with Gasteiger partial charge in [0.05, 0.1) is 21.1 Å². The van der Waals surface area contributed by atoms with Gasteiger partial charge in [-0.3, -0.25) is 0 Å². The van der Waals surface area contributed by atoms with Crippen LogP contribution in [0.15, 0.2) is 0 Å². The largest absolute Gasteiger partial charge is 1.00 e. The molecule has 0 aromatic rings. The fraction of sp³-hybridized carbons (Fsp3) is 1.00. The predicted octanol–water partition coefficient (Wildman–Crippen LogP) is 1.69. The van der Waals surface area contributed by atoms with Gasteiger partial charge in [-0.05, 0) is 37.5 Å². The Balaban J connectivity index is 0.00000192. The molecule has 2 aliphatic carbocycles. The van der Waals surface area contributed by atoms with Crippen LogP contribution in [0.2, 0.25) is 0 Å². The van der Waals surface area contributed by atoms with Crippen molar-refractivity contribution >= 4 is 11.8 Å². The Morgan fingerprint density at radius 1 is 0.870 bits per heavy atom. The molecule has 0 aromatic carbocycles. The summed E-state index contributed by atoms with van der Waals surface area (Å²) >= 11 is 2.22. The smallest absolute Gasteiger partial charge is 0.120 e. The number of ether oxygens (including phenoxy) is 1. The van der Waals surface area contributed by atoms with Crippen LogP contribution >= 0.6 is 11.8 Å². The third-order valence-corrected chi connectivity index (χ3v) is 7.70. The average molecular weight is 453 g/mol.